The molecular formula is C23H30N2O5. The van der Waals surface area contributed by atoms with Crippen molar-refractivity contribution in [1.82, 2.24) is 4.90 Å². The third kappa shape index (κ3) is 3.42. The number of piperazine rings is 1. The molecule has 1 saturated heterocycles. The molecule has 0 radical (unpaired) electrons. The Morgan fingerprint density at radius 1 is 0.833 bits per heavy atom. The fraction of sp³-hybridized carbons (Fsp3) is 0.478. The fourth-order valence-electron chi connectivity index (χ4n) is 4.75. The maximum atomic E-state index is 11.1. The van der Waals surface area contributed by atoms with Gasteiger partial charge in [0.15, 0.2) is 11.5 Å². The molecule has 30 heavy (non-hydrogen) atoms. The van der Waals surface area contributed by atoms with Crippen LogP contribution in [-0.4, -0.2) is 70.7 Å². The normalized spacial score (nSPS) is 21.3. The smallest absolute Gasteiger partial charge is 0.203 e. The SMILES string of the molecule is COc1ccccc1N1CCN([C@@H]2Cc3c(cc(OC)c(OC)c3OC)[C@H]2O)CC1. The maximum Gasteiger partial charge on any atom is 0.203 e. The van der Waals surface area contributed by atoms with Crippen LogP contribution in [0.2, 0.25) is 0 Å². The summed E-state index contributed by atoms with van der Waals surface area (Å²) in [6.07, 6.45) is 0.126. The molecule has 1 aliphatic carbocycles. The summed E-state index contributed by atoms with van der Waals surface area (Å²) in [6, 6.07) is 10.00. The van der Waals surface area contributed by atoms with E-state index in [1.165, 1.54) is 0 Å². The number of hydrogen-bond donors (Lipinski definition) is 1. The van der Waals surface area contributed by atoms with E-state index in [0.29, 0.717) is 23.7 Å². The Bertz CT molecular complexity index is 895. The zero-order chi connectivity index (χ0) is 21.3. The second-order valence-electron chi connectivity index (χ2n) is 7.62. The van der Waals surface area contributed by atoms with Crippen molar-refractivity contribution in [3.63, 3.8) is 0 Å². The molecule has 162 valence electrons. The van der Waals surface area contributed by atoms with Crippen LogP contribution in [0.4, 0.5) is 5.69 Å². The summed E-state index contributed by atoms with van der Waals surface area (Å²) < 4.78 is 22.2. The van der Waals surface area contributed by atoms with Crippen molar-refractivity contribution >= 4 is 5.69 Å². The van der Waals surface area contributed by atoms with Crippen LogP contribution in [0.1, 0.15) is 17.2 Å². The molecule has 2 aromatic rings. The van der Waals surface area contributed by atoms with Gasteiger partial charge in [-0.2, -0.15) is 0 Å². The van der Waals surface area contributed by atoms with E-state index in [1.54, 1.807) is 28.4 Å². The summed E-state index contributed by atoms with van der Waals surface area (Å²) in [5.41, 5.74) is 2.98. The maximum absolute atomic E-state index is 11.1. The van der Waals surface area contributed by atoms with E-state index < -0.39 is 6.10 Å². The average molecular weight is 415 g/mol. The average Bonchev–Trinajstić information content (AvgIpc) is 3.13. The van der Waals surface area contributed by atoms with E-state index in [9.17, 15) is 5.11 Å². The molecule has 1 N–H and O–H groups in total. The van der Waals surface area contributed by atoms with Crippen molar-refractivity contribution in [2.24, 2.45) is 0 Å². The van der Waals surface area contributed by atoms with Gasteiger partial charge < -0.3 is 29.0 Å². The molecule has 0 saturated carbocycles. The van der Waals surface area contributed by atoms with Gasteiger partial charge in [-0.1, -0.05) is 12.1 Å². The van der Waals surface area contributed by atoms with Crippen molar-refractivity contribution in [2.45, 2.75) is 18.6 Å². The molecule has 7 nitrogen and oxygen atoms in total. The first kappa shape index (κ1) is 20.6. The monoisotopic (exact) mass is 414 g/mol. The minimum atomic E-state index is -0.591. The summed E-state index contributed by atoms with van der Waals surface area (Å²) in [5, 5.41) is 11.1. The molecule has 0 spiro atoms. The predicted molar refractivity (Wildman–Crippen MR) is 115 cm³/mol. The quantitative estimate of drug-likeness (QED) is 0.779. The van der Waals surface area contributed by atoms with Gasteiger partial charge in [0.1, 0.15) is 5.75 Å². The molecule has 4 rings (SSSR count). The van der Waals surface area contributed by atoms with Gasteiger partial charge in [0.2, 0.25) is 5.75 Å². The van der Waals surface area contributed by atoms with Gasteiger partial charge >= 0.3 is 0 Å². The summed E-state index contributed by atoms with van der Waals surface area (Å²) in [6.45, 7) is 3.49. The lowest BCUT2D eigenvalue weighted by molar-refractivity contribution is 0.0570. The second-order valence-corrected chi connectivity index (χ2v) is 7.62. The van der Waals surface area contributed by atoms with Crippen molar-refractivity contribution in [3.05, 3.63) is 41.5 Å². The van der Waals surface area contributed by atoms with Crippen molar-refractivity contribution < 1.29 is 24.1 Å². The zero-order valence-electron chi connectivity index (χ0n) is 18.1. The molecule has 1 heterocycles. The van der Waals surface area contributed by atoms with E-state index in [0.717, 1.165) is 48.7 Å². The highest BCUT2D eigenvalue weighted by Gasteiger charge is 2.40. The molecule has 2 aliphatic rings. The third-order valence-corrected chi connectivity index (χ3v) is 6.27. The van der Waals surface area contributed by atoms with E-state index in [4.69, 9.17) is 18.9 Å². The number of nitrogens with zero attached hydrogens (tertiary/aromatic N) is 2. The Balaban J connectivity index is 1.52. The molecule has 2 atom stereocenters. The second kappa shape index (κ2) is 8.62. The van der Waals surface area contributed by atoms with Crippen LogP contribution < -0.4 is 23.8 Å². The molecule has 0 bridgehead atoms. The minimum absolute atomic E-state index is 0.00512. The van der Waals surface area contributed by atoms with Gasteiger partial charge in [0.05, 0.1) is 40.2 Å². The van der Waals surface area contributed by atoms with Crippen LogP contribution in [0, 0.1) is 0 Å². The zero-order valence-corrected chi connectivity index (χ0v) is 18.1. The summed E-state index contributed by atoms with van der Waals surface area (Å²) in [4.78, 5) is 4.71. The molecule has 0 unspecified atom stereocenters. The Hall–Kier alpha value is -2.64. The number of fused-ring (bicyclic) bond motifs is 1. The molecule has 7 heteroatoms. The van der Waals surface area contributed by atoms with Crippen LogP contribution in [0.3, 0.4) is 0 Å². The number of aliphatic hydroxyl groups is 1. The highest BCUT2D eigenvalue weighted by molar-refractivity contribution is 5.62. The molecule has 0 amide bonds. The number of methoxy groups -OCH3 is 4. The van der Waals surface area contributed by atoms with Crippen LogP contribution >= 0.6 is 0 Å². The number of benzene rings is 2. The lowest BCUT2D eigenvalue weighted by Gasteiger charge is -2.40. The van der Waals surface area contributed by atoms with E-state index >= 15 is 0 Å². The summed E-state index contributed by atoms with van der Waals surface area (Å²) >= 11 is 0. The highest BCUT2D eigenvalue weighted by Crippen LogP contribution is 2.49. The van der Waals surface area contributed by atoms with Gasteiger partial charge in [-0.15, -0.1) is 0 Å². The summed E-state index contributed by atoms with van der Waals surface area (Å²) in [7, 11) is 6.53. The Morgan fingerprint density at radius 3 is 2.13 bits per heavy atom. The molecule has 0 aromatic heterocycles. The topological polar surface area (TPSA) is 63.6 Å². The van der Waals surface area contributed by atoms with Crippen LogP contribution in [-0.2, 0) is 6.42 Å². The number of aliphatic hydroxyl groups excluding tert-OH is 1. The van der Waals surface area contributed by atoms with Gasteiger partial charge in [0, 0.05) is 37.8 Å². The lowest BCUT2D eigenvalue weighted by atomic mass is 10.1. The number of para-hydroxylation sites is 2. The molecule has 1 aliphatic heterocycles. The van der Waals surface area contributed by atoms with E-state index in [2.05, 4.69) is 15.9 Å². The molecular weight excluding hydrogens is 384 g/mol. The van der Waals surface area contributed by atoms with Crippen LogP contribution in [0.15, 0.2) is 30.3 Å². The van der Waals surface area contributed by atoms with Gasteiger partial charge in [-0.25, -0.2) is 0 Å². The largest absolute Gasteiger partial charge is 0.495 e. The van der Waals surface area contributed by atoms with Crippen molar-refractivity contribution in [2.75, 3.05) is 59.5 Å². The Kier molecular flexibility index (Phi) is 5.92. The van der Waals surface area contributed by atoms with Crippen molar-refractivity contribution in [3.8, 4) is 23.0 Å². The lowest BCUT2D eigenvalue weighted by Crippen LogP contribution is -2.51. The number of anilines is 1. The number of hydrogen-bond acceptors (Lipinski definition) is 7. The van der Waals surface area contributed by atoms with Crippen LogP contribution in [0.5, 0.6) is 23.0 Å². The molecule has 1 fully saturated rings. The number of ether oxygens (including phenoxy) is 4. The minimum Gasteiger partial charge on any atom is -0.495 e. The first-order valence-electron chi connectivity index (χ1n) is 10.2. The highest BCUT2D eigenvalue weighted by atomic mass is 16.5. The molecule has 2 aromatic carbocycles. The van der Waals surface area contributed by atoms with E-state index in [1.807, 2.05) is 24.3 Å². The first-order chi connectivity index (χ1) is 14.6. The van der Waals surface area contributed by atoms with Gasteiger partial charge in [-0.3, -0.25) is 4.90 Å². The fourth-order valence-corrected chi connectivity index (χ4v) is 4.75. The van der Waals surface area contributed by atoms with Gasteiger partial charge in [-0.05, 0) is 30.2 Å². The third-order valence-electron chi connectivity index (χ3n) is 6.27. The Morgan fingerprint density at radius 2 is 1.50 bits per heavy atom. The Labute approximate surface area is 177 Å². The summed E-state index contributed by atoms with van der Waals surface area (Å²) in [5.74, 6) is 2.70. The van der Waals surface area contributed by atoms with E-state index in [-0.39, 0.29) is 6.04 Å². The van der Waals surface area contributed by atoms with Crippen LogP contribution in [0.25, 0.3) is 0 Å². The van der Waals surface area contributed by atoms with Gasteiger partial charge in [0.25, 0.3) is 0 Å². The standard InChI is InChI=1S/C23H30N2O5/c1-27-19-8-6-5-7-17(19)24-9-11-25(12-10-24)18-13-16-15(21(18)26)14-20(28-2)23(30-4)22(16)29-3/h5-8,14,18,21,26H,9-13H2,1-4H3/t18-,21-/m1/s1. The van der Waals surface area contributed by atoms with Crippen molar-refractivity contribution in [1.29, 1.82) is 0 Å². The predicted octanol–water partition coefficient (Wildman–Crippen LogP) is 2.50. The first-order valence-corrected chi connectivity index (χ1v) is 10.2. The number of rotatable bonds is 6.